The van der Waals surface area contributed by atoms with Crippen molar-refractivity contribution in [2.45, 2.75) is 64.2 Å². The summed E-state index contributed by atoms with van der Waals surface area (Å²) < 4.78 is 32.9. The van der Waals surface area contributed by atoms with Crippen molar-refractivity contribution in [1.82, 2.24) is 0 Å². The van der Waals surface area contributed by atoms with Gasteiger partial charge in [0.25, 0.3) is 0 Å². The zero-order chi connectivity index (χ0) is 17.8. The van der Waals surface area contributed by atoms with Gasteiger partial charge in [-0.2, -0.15) is 0 Å². The highest BCUT2D eigenvalue weighted by Crippen LogP contribution is 2.48. The molecular formula is C22H30F2O. The van der Waals surface area contributed by atoms with E-state index in [1.165, 1.54) is 57.8 Å². The average Bonchev–Trinajstić information content (AvgIpc) is 2.61. The minimum atomic E-state index is -0.577. The van der Waals surface area contributed by atoms with Gasteiger partial charge in [0.2, 0.25) is 0 Å². The van der Waals surface area contributed by atoms with Crippen LogP contribution in [0, 0.1) is 29.4 Å². The molecule has 0 heterocycles. The summed E-state index contributed by atoms with van der Waals surface area (Å²) in [6.45, 7) is 2.09. The maximum absolute atomic E-state index is 14.0. The Hall–Kier alpha value is -1.38. The van der Waals surface area contributed by atoms with Gasteiger partial charge in [-0.15, -0.1) is 0 Å². The van der Waals surface area contributed by atoms with Crippen molar-refractivity contribution in [1.29, 1.82) is 0 Å². The number of halogens is 2. The van der Waals surface area contributed by atoms with Crippen LogP contribution in [0.3, 0.4) is 0 Å². The van der Waals surface area contributed by atoms with Crippen molar-refractivity contribution in [3.63, 3.8) is 0 Å². The molecule has 0 N–H and O–H groups in total. The van der Waals surface area contributed by atoms with Gasteiger partial charge in [0.15, 0.2) is 17.4 Å². The molecule has 1 aromatic carbocycles. The first-order chi connectivity index (χ1) is 12.1. The van der Waals surface area contributed by atoms with E-state index >= 15 is 0 Å². The zero-order valence-corrected chi connectivity index (χ0v) is 15.4. The topological polar surface area (TPSA) is 9.23 Å². The molecule has 2 aliphatic carbocycles. The Kier molecular flexibility index (Phi) is 6.14. The van der Waals surface area contributed by atoms with E-state index in [0.717, 1.165) is 36.2 Å². The highest BCUT2D eigenvalue weighted by molar-refractivity contribution is 5.33. The van der Waals surface area contributed by atoms with Crippen molar-refractivity contribution in [2.75, 3.05) is 7.11 Å². The summed E-state index contributed by atoms with van der Waals surface area (Å²) in [4.78, 5) is 0. The summed E-state index contributed by atoms with van der Waals surface area (Å²) >= 11 is 0. The van der Waals surface area contributed by atoms with Crippen molar-refractivity contribution < 1.29 is 13.5 Å². The minimum absolute atomic E-state index is 0.265. The number of rotatable bonds is 5. The third kappa shape index (κ3) is 4.24. The van der Waals surface area contributed by atoms with Crippen molar-refractivity contribution >= 4 is 0 Å². The first-order valence-electron chi connectivity index (χ1n) is 9.76. The van der Waals surface area contributed by atoms with Gasteiger partial charge < -0.3 is 4.74 Å². The Bertz CT molecular complexity index is 587. The summed E-state index contributed by atoms with van der Waals surface area (Å²) in [5, 5.41) is 0. The SMILES string of the molecule is CC=CCC[C@@H]1CC[C@@H]2CC(c3cc(F)c(OC)c(F)c3)CC[C@@H]2C1. The molecule has 0 spiro atoms. The summed E-state index contributed by atoms with van der Waals surface area (Å²) in [5.74, 6) is 1.28. The molecule has 3 heteroatoms. The van der Waals surface area contributed by atoms with E-state index in [1.807, 2.05) is 0 Å². The molecule has 0 bridgehead atoms. The Balaban J connectivity index is 1.61. The lowest BCUT2D eigenvalue weighted by Crippen LogP contribution is -2.30. The van der Waals surface area contributed by atoms with E-state index < -0.39 is 11.6 Å². The number of hydrogen-bond acceptors (Lipinski definition) is 1. The number of allylic oxidation sites excluding steroid dienone is 2. The highest BCUT2D eigenvalue weighted by atomic mass is 19.1. The van der Waals surface area contributed by atoms with E-state index in [0.29, 0.717) is 0 Å². The van der Waals surface area contributed by atoms with Crippen LogP contribution in [0.25, 0.3) is 0 Å². The Morgan fingerprint density at radius 1 is 1.04 bits per heavy atom. The minimum Gasteiger partial charge on any atom is -0.491 e. The van der Waals surface area contributed by atoms with Crippen LogP contribution in [-0.2, 0) is 0 Å². The van der Waals surface area contributed by atoms with E-state index in [4.69, 9.17) is 4.74 Å². The molecule has 0 aliphatic heterocycles. The molecule has 0 amide bonds. The van der Waals surface area contributed by atoms with Crippen LogP contribution in [0.5, 0.6) is 5.75 Å². The van der Waals surface area contributed by atoms with E-state index in [2.05, 4.69) is 19.1 Å². The molecule has 3 rings (SSSR count). The first kappa shape index (κ1) is 18.4. The lowest BCUT2D eigenvalue weighted by atomic mass is 9.63. The quantitative estimate of drug-likeness (QED) is 0.543. The summed E-state index contributed by atoms with van der Waals surface area (Å²) in [6.07, 6.45) is 14.2. The molecule has 138 valence electrons. The second-order valence-electron chi connectivity index (χ2n) is 7.87. The van der Waals surface area contributed by atoms with E-state index in [-0.39, 0.29) is 11.7 Å². The predicted octanol–water partition coefficient (Wildman–Crippen LogP) is 6.63. The monoisotopic (exact) mass is 348 g/mol. The van der Waals surface area contributed by atoms with Crippen molar-refractivity contribution in [2.24, 2.45) is 17.8 Å². The summed E-state index contributed by atoms with van der Waals surface area (Å²) in [6, 6.07) is 2.96. The van der Waals surface area contributed by atoms with Gasteiger partial charge in [0, 0.05) is 0 Å². The van der Waals surface area contributed by atoms with Crippen LogP contribution in [0.2, 0.25) is 0 Å². The van der Waals surface area contributed by atoms with Crippen molar-refractivity contribution in [3.05, 3.63) is 41.5 Å². The van der Waals surface area contributed by atoms with Crippen LogP contribution in [0.15, 0.2) is 24.3 Å². The fourth-order valence-electron chi connectivity index (χ4n) is 5.06. The Morgan fingerprint density at radius 3 is 2.40 bits per heavy atom. The molecule has 2 aliphatic rings. The molecule has 1 aromatic rings. The maximum atomic E-state index is 14.0. The van der Waals surface area contributed by atoms with Gasteiger partial charge in [-0.3, -0.25) is 0 Å². The molecular weight excluding hydrogens is 318 g/mol. The fraction of sp³-hybridized carbons (Fsp3) is 0.636. The largest absolute Gasteiger partial charge is 0.491 e. The van der Waals surface area contributed by atoms with Gasteiger partial charge in [-0.25, -0.2) is 8.78 Å². The molecule has 25 heavy (non-hydrogen) atoms. The van der Waals surface area contributed by atoms with Crippen LogP contribution >= 0.6 is 0 Å². The predicted molar refractivity (Wildman–Crippen MR) is 97.9 cm³/mol. The van der Waals surface area contributed by atoms with Crippen LogP contribution in [0.1, 0.15) is 69.8 Å². The molecule has 0 radical (unpaired) electrons. The molecule has 2 fully saturated rings. The molecule has 0 saturated heterocycles. The summed E-state index contributed by atoms with van der Waals surface area (Å²) in [5.41, 5.74) is 0.810. The molecule has 0 aromatic heterocycles. The second-order valence-corrected chi connectivity index (χ2v) is 7.87. The van der Waals surface area contributed by atoms with Crippen molar-refractivity contribution in [3.8, 4) is 5.75 Å². The third-order valence-electron chi connectivity index (χ3n) is 6.40. The van der Waals surface area contributed by atoms with Crippen LogP contribution < -0.4 is 4.74 Å². The number of benzene rings is 1. The normalized spacial score (nSPS) is 29.6. The Labute approximate surface area is 150 Å². The number of ether oxygens (including phenoxy) is 1. The fourth-order valence-corrected chi connectivity index (χ4v) is 5.06. The Morgan fingerprint density at radius 2 is 1.72 bits per heavy atom. The number of hydrogen-bond donors (Lipinski definition) is 0. The second kappa shape index (κ2) is 8.33. The van der Waals surface area contributed by atoms with Crippen LogP contribution in [0.4, 0.5) is 8.78 Å². The lowest BCUT2D eigenvalue weighted by Gasteiger charge is -2.42. The number of fused-ring (bicyclic) bond motifs is 1. The van der Waals surface area contributed by atoms with Gasteiger partial charge in [0.1, 0.15) is 0 Å². The third-order valence-corrected chi connectivity index (χ3v) is 6.40. The smallest absolute Gasteiger partial charge is 0.190 e. The van der Waals surface area contributed by atoms with Gasteiger partial charge in [-0.05, 0) is 93.2 Å². The zero-order valence-electron chi connectivity index (χ0n) is 15.4. The molecule has 2 saturated carbocycles. The number of methoxy groups -OCH3 is 1. The first-order valence-corrected chi connectivity index (χ1v) is 9.76. The van der Waals surface area contributed by atoms with Gasteiger partial charge >= 0.3 is 0 Å². The average molecular weight is 348 g/mol. The summed E-state index contributed by atoms with van der Waals surface area (Å²) in [7, 11) is 1.31. The van der Waals surface area contributed by atoms with Gasteiger partial charge in [0.05, 0.1) is 7.11 Å². The highest BCUT2D eigenvalue weighted by Gasteiger charge is 2.36. The maximum Gasteiger partial charge on any atom is 0.190 e. The van der Waals surface area contributed by atoms with Crippen LogP contribution in [-0.4, -0.2) is 7.11 Å². The van der Waals surface area contributed by atoms with E-state index in [1.54, 1.807) is 0 Å². The van der Waals surface area contributed by atoms with E-state index in [9.17, 15) is 8.78 Å². The lowest BCUT2D eigenvalue weighted by molar-refractivity contribution is 0.114. The molecule has 1 unspecified atom stereocenters. The standard InChI is InChI=1S/C22H30F2O/c1-3-4-5-6-15-7-8-17-12-18(10-9-16(17)11-15)19-13-20(23)22(25-2)21(24)14-19/h3-4,13-18H,5-12H2,1-2H3/t15-,16-,17-,18?/m1/s1. The molecule has 4 atom stereocenters. The van der Waals surface area contributed by atoms with Gasteiger partial charge in [-0.1, -0.05) is 18.6 Å². The molecule has 1 nitrogen and oxygen atoms in total.